The highest BCUT2D eigenvalue weighted by Crippen LogP contribution is 2.27. The summed E-state index contributed by atoms with van der Waals surface area (Å²) in [6.07, 6.45) is 1.94. The summed E-state index contributed by atoms with van der Waals surface area (Å²) in [4.78, 5) is 14.5. The van der Waals surface area contributed by atoms with Crippen molar-refractivity contribution in [2.75, 3.05) is 25.9 Å². The summed E-state index contributed by atoms with van der Waals surface area (Å²) in [5.74, 6) is 0.0126. The highest BCUT2D eigenvalue weighted by Gasteiger charge is 2.34. The van der Waals surface area contributed by atoms with Gasteiger partial charge in [0.05, 0.1) is 11.2 Å². The minimum absolute atomic E-state index is 0.0126. The van der Waals surface area contributed by atoms with Gasteiger partial charge in [-0.25, -0.2) is 0 Å². The fourth-order valence-electron chi connectivity index (χ4n) is 2.69. The molecule has 1 saturated heterocycles. The van der Waals surface area contributed by atoms with E-state index in [-0.39, 0.29) is 11.5 Å². The van der Waals surface area contributed by atoms with Crippen LogP contribution in [0.4, 0.5) is 5.69 Å². The molecule has 0 bridgehead atoms. The van der Waals surface area contributed by atoms with Crippen LogP contribution in [0.2, 0.25) is 0 Å². The molecule has 1 aromatic carbocycles. The number of piperidine rings is 1. The quantitative estimate of drug-likeness (QED) is 0.831. The Morgan fingerprint density at radius 3 is 2.84 bits per heavy atom. The van der Waals surface area contributed by atoms with Crippen LogP contribution in [0.25, 0.3) is 0 Å². The first kappa shape index (κ1) is 13.9. The van der Waals surface area contributed by atoms with Gasteiger partial charge in [0.1, 0.15) is 0 Å². The molecule has 1 aliphatic rings. The lowest BCUT2D eigenvalue weighted by molar-refractivity contribution is -0.0440. The maximum atomic E-state index is 12.6. The highest BCUT2D eigenvalue weighted by atomic mass is 16.5. The van der Waals surface area contributed by atoms with Crippen molar-refractivity contribution in [2.24, 2.45) is 0 Å². The summed E-state index contributed by atoms with van der Waals surface area (Å²) < 4.78 is 5.53. The number of hydrogen-bond donors (Lipinski definition) is 1. The summed E-state index contributed by atoms with van der Waals surface area (Å²) in [7, 11) is 1.70. The molecular formula is C15H22N2O2. The number of ether oxygens (including phenoxy) is 1. The minimum Gasteiger partial charge on any atom is -0.398 e. The fourth-order valence-corrected chi connectivity index (χ4v) is 2.69. The van der Waals surface area contributed by atoms with Crippen LogP contribution in [-0.2, 0) is 4.74 Å². The Kier molecular flexibility index (Phi) is 3.80. The minimum atomic E-state index is -0.245. The second-order valence-corrected chi connectivity index (χ2v) is 5.52. The van der Waals surface area contributed by atoms with Gasteiger partial charge in [0.15, 0.2) is 0 Å². The first-order valence-corrected chi connectivity index (χ1v) is 6.66. The molecule has 0 aromatic heterocycles. The van der Waals surface area contributed by atoms with Gasteiger partial charge >= 0.3 is 0 Å². The summed E-state index contributed by atoms with van der Waals surface area (Å²) in [5, 5.41) is 0. The van der Waals surface area contributed by atoms with Gasteiger partial charge in [0, 0.05) is 25.9 Å². The maximum absolute atomic E-state index is 12.6. The van der Waals surface area contributed by atoms with E-state index in [4.69, 9.17) is 10.5 Å². The van der Waals surface area contributed by atoms with Crippen molar-refractivity contribution >= 4 is 11.6 Å². The first-order valence-electron chi connectivity index (χ1n) is 6.66. The summed E-state index contributed by atoms with van der Waals surface area (Å²) in [5.41, 5.74) is 7.81. The Balaban J connectivity index is 2.25. The number of aryl methyl sites for hydroxylation is 1. The smallest absolute Gasteiger partial charge is 0.256 e. The lowest BCUT2D eigenvalue weighted by atomic mass is 9.93. The topological polar surface area (TPSA) is 55.6 Å². The number of rotatable bonds is 2. The number of nitrogen functional groups attached to an aromatic ring is 1. The highest BCUT2D eigenvalue weighted by molar-refractivity contribution is 6.00. The van der Waals surface area contributed by atoms with Crippen molar-refractivity contribution in [2.45, 2.75) is 32.3 Å². The number of likely N-dealkylation sites (tertiary alicyclic amines) is 1. The molecular weight excluding hydrogens is 240 g/mol. The predicted octanol–water partition coefficient (Wildman–Crippen LogP) is 2.22. The van der Waals surface area contributed by atoms with Crippen molar-refractivity contribution in [3.8, 4) is 0 Å². The van der Waals surface area contributed by atoms with Gasteiger partial charge in [-0.15, -0.1) is 0 Å². The molecule has 0 spiro atoms. The molecule has 1 heterocycles. The molecule has 0 saturated carbocycles. The number of methoxy groups -OCH3 is 1. The van der Waals surface area contributed by atoms with Crippen molar-refractivity contribution < 1.29 is 9.53 Å². The molecule has 4 nitrogen and oxygen atoms in total. The predicted molar refractivity (Wildman–Crippen MR) is 76.1 cm³/mol. The second-order valence-electron chi connectivity index (χ2n) is 5.52. The van der Waals surface area contributed by atoms with E-state index < -0.39 is 0 Å². The number of amides is 1. The van der Waals surface area contributed by atoms with Crippen molar-refractivity contribution in [1.29, 1.82) is 0 Å². The molecule has 2 N–H and O–H groups in total. The van der Waals surface area contributed by atoms with E-state index in [0.717, 1.165) is 24.9 Å². The Bertz CT molecular complexity index is 467. The van der Waals surface area contributed by atoms with Crippen LogP contribution in [0, 0.1) is 6.92 Å². The zero-order valence-corrected chi connectivity index (χ0v) is 11.9. The number of benzene rings is 1. The van der Waals surface area contributed by atoms with E-state index in [1.54, 1.807) is 13.2 Å². The molecule has 1 aliphatic heterocycles. The van der Waals surface area contributed by atoms with Crippen LogP contribution >= 0.6 is 0 Å². The van der Waals surface area contributed by atoms with E-state index in [0.29, 0.717) is 17.8 Å². The average molecular weight is 262 g/mol. The third kappa shape index (κ3) is 2.73. The molecule has 1 unspecified atom stereocenters. The number of nitrogens with zero attached hydrogens (tertiary/aromatic N) is 1. The molecule has 1 amide bonds. The van der Waals surface area contributed by atoms with Crippen molar-refractivity contribution in [3.05, 3.63) is 29.3 Å². The lowest BCUT2D eigenvalue weighted by Crippen LogP contribution is -2.49. The average Bonchev–Trinajstić information content (AvgIpc) is 2.38. The van der Waals surface area contributed by atoms with Gasteiger partial charge < -0.3 is 15.4 Å². The van der Waals surface area contributed by atoms with E-state index in [2.05, 4.69) is 0 Å². The Labute approximate surface area is 114 Å². The lowest BCUT2D eigenvalue weighted by Gasteiger charge is -2.39. The SMILES string of the molecule is COC1(C)CCCN(C(=O)c2c(C)cccc2N)C1. The van der Waals surface area contributed by atoms with Crippen LogP contribution in [0.15, 0.2) is 18.2 Å². The molecule has 1 aromatic rings. The van der Waals surface area contributed by atoms with Crippen LogP contribution in [0.5, 0.6) is 0 Å². The third-order valence-corrected chi connectivity index (χ3v) is 3.96. The van der Waals surface area contributed by atoms with Crippen LogP contribution in [-0.4, -0.2) is 36.6 Å². The number of nitrogens with two attached hydrogens (primary N) is 1. The van der Waals surface area contributed by atoms with Crippen LogP contribution in [0.1, 0.15) is 35.7 Å². The third-order valence-electron chi connectivity index (χ3n) is 3.96. The Morgan fingerprint density at radius 1 is 1.47 bits per heavy atom. The largest absolute Gasteiger partial charge is 0.398 e. The fraction of sp³-hybridized carbons (Fsp3) is 0.533. The molecule has 1 atom stereocenters. The summed E-state index contributed by atoms with van der Waals surface area (Å²) in [6.45, 7) is 5.36. The first-order chi connectivity index (χ1) is 8.97. The van der Waals surface area contributed by atoms with E-state index in [9.17, 15) is 4.79 Å². The van der Waals surface area contributed by atoms with E-state index in [1.165, 1.54) is 0 Å². The van der Waals surface area contributed by atoms with Crippen LogP contribution < -0.4 is 5.73 Å². The van der Waals surface area contributed by atoms with E-state index >= 15 is 0 Å². The molecule has 104 valence electrons. The number of anilines is 1. The maximum Gasteiger partial charge on any atom is 0.256 e. The van der Waals surface area contributed by atoms with Gasteiger partial charge in [0.25, 0.3) is 5.91 Å². The van der Waals surface area contributed by atoms with Crippen LogP contribution in [0.3, 0.4) is 0 Å². The van der Waals surface area contributed by atoms with Crippen molar-refractivity contribution in [1.82, 2.24) is 4.90 Å². The molecule has 19 heavy (non-hydrogen) atoms. The van der Waals surface area contributed by atoms with Gasteiger partial charge in [-0.1, -0.05) is 12.1 Å². The molecule has 2 rings (SSSR count). The Hall–Kier alpha value is -1.55. The summed E-state index contributed by atoms with van der Waals surface area (Å²) in [6, 6.07) is 5.57. The standard InChI is InChI=1S/C15H22N2O2/c1-11-6-4-7-12(16)13(11)14(18)17-9-5-8-15(2,10-17)19-3/h4,6-7H,5,8-10,16H2,1-3H3. The number of carbonyl (C=O) groups is 1. The normalized spacial score (nSPS) is 23.4. The zero-order valence-electron chi connectivity index (χ0n) is 11.9. The molecule has 0 aliphatic carbocycles. The number of carbonyl (C=O) groups excluding carboxylic acids is 1. The second kappa shape index (κ2) is 5.21. The van der Waals surface area contributed by atoms with Crippen molar-refractivity contribution in [3.63, 3.8) is 0 Å². The van der Waals surface area contributed by atoms with Gasteiger partial charge in [-0.05, 0) is 38.3 Å². The van der Waals surface area contributed by atoms with Gasteiger partial charge in [-0.2, -0.15) is 0 Å². The van der Waals surface area contributed by atoms with Gasteiger partial charge in [-0.3, -0.25) is 4.79 Å². The molecule has 1 fully saturated rings. The zero-order chi connectivity index (χ0) is 14.0. The summed E-state index contributed by atoms with van der Waals surface area (Å²) >= 11 is 0. The van der Waals surface area contributed by atoms with Gasteiger partial charge in [0.2, 0.25) is 0 Å². The van der Waals surface area contributed by atoms with E-state index in [1.807, 2.05) is 30.9 Å². The monoisotopic (exact) mass is 262 g/mol. The molecule has 4 heteroatoms. The number of hydrogen-bond acceptors (Lipinski definition) is 3. The molecule has 0 radical (unpaired) electrons. The Morgan fingerprint density at radius 2 is 2.21 bits per heavy atom.